The van der Waals surface area contributed by atoms with Gasteiger partial charge in [-0.2, -0.15) is 0 Å². The van der Waals surface area contributed by atoms with Crippen molar-refractivity contribution in [3.8, 4) is 0 Å². The molecule has 0 atom stereocenters. The Morgan fingerprint density at radius 2 is 2.00 bits per heavy atom. The molecule has 0 radical (unpaired) electrons. The van der Waals surface area contributed by atoms with E-state index in [1.54, 1.807) is 24.5 Å². The summed E-state index contributed by atoms with van der Waals surface area (Å²) in [6.45, 7) is 0.456. The second-order valence-electron chi connectivity index (χ2n) is 3.20. The van der Waals surface area contributed by atoms with Crippen molar-refractivity contribution in [3.05, 3.63) is 53.3 Å². The lowest BCUT2D eigenvalue weighted by Gasteiger charge is -2.07. The molecule has 0 unspecified atom stereocenters. The Bertz CT molecular complexity index is 476. The van der Waals surface area contributed by atoms with Crippen molar-refractivity contribution in [1.29, 1.82) is 0 Å². The quantitative estimate of drug-likeness (QED) is 0.892. The van der Waals surface area contributed by atoms with E-state index >= 15 is 0 Å². The van der Waals surface area contributed by atoms with E-state index in [1.165, 1.54) is 12.4 Å². The molecule has 1 heterocycles. The van der Waals surface area contributed by atoms with Gasteiger partial charge in [0.25, 0.3) is 0 Å². The van der Waals surface area contributed by atoms with Gasteiger partial charge < -0.3 is 5.32 Å². The van der Waals surface area contributed by atoms with Crippen LogP contribution in [0.25, 0.3) is 0 Å². The molecule has 0 fully saturated rings. The summed E-state index contributed by atoms with van der Waals surface area (Å²) < 4.78 is 13.5. The largest absolute Gasteiger partial charge is 0.378 e. The first-order valence-corrected chi connectivity index (χ1v) is 5.07. The first-order chi connectivity index (χ1) is 7.77. The maximum atomic E-state index is 13.5. The molecule has 0 aliphatic rings. The van der Waals surface area contributed by atoms with E-state index in [1.807, 2.05) is 0 Å². The Morgan fingerprint density at radius 3 is 2.75 bits per heavy atom. The van der Waals surface area contributed by atoms with Gasteiger partial charge in [0.15, 0.2) is 5.82 Å². The van der Waals surface area contributed by atoms with E-state index in [9.17, 15) is 4.39 Å². The van der Waals surface area contributed by atoms with Crippen molar-refractivity contribution < 1.29 is 4.39 Å². The molecule has 0 bridgehead atoms. The molecule has 0 saturated carbocycles. The van der Waals surface area contributed by atoms with Gasteiger partial charge in [-0.3, -0.25) is 0 Å². The standard InChI is InChI=1S/C11H9ClFN3/c12-9-2-1-3-10(11(9)13)16-6-8-4-14-7-15-5-8/h1-5,7,16H,6H2. The number of rotatable bonds is 3. The van der Waals surface area contributed by atoms with E-state index in [0.717, 1.165) is 5.56 Å². The second-order valence-corrected chi connectivity index (χ2v) is 3.61. The van der Waals surface area contributed by atoms with Gasteiger partial charge in [0.2, 0.25) is 0 Å². The fraction of sp³-hybridized carbons (Fsp3) is 0.0909. The lowest BCUT2D eigenvalue weighted by atomic mass is 10.3. The lowest BCUT2D eigenvalue weighted by Crippen LogP contribution is -2.02. The fourth-order valence-corrected chi connectivity index (χ4v) is 1.43. The average molecular weight is 238 g/mol. The number of hydrogen-bond donors (Lipinski definition) is 1. The molecular weight excluding hydrogens is 229 g/mol. The molecule has 1 aromatic carbocycles. The SMILES string of the molecule is Fc1c(Cl)cccc1NCc1cncnc1. The predicted octanol–water partition coefficient (Wildman–Crippen LogP) is 2.88. The second kappa shape index (κ2) is 4.90. The van der Waals surface area contributed by atoms with Crippen LogP contribution in [-0.2, 0) is 6.54 Å². The zero-order valence-corrected chi connectivity index (χ0v) is 9.08. The highest BCUT2D eigenvalue weighted by molar-refractivity contribution is 6.31. The molecule has 0 aliphatic heterocycles. The summed E-state index contributed by atoms with van der Waals surface area (Å²) in [7, 11) is 0. The summed E-state index contributed by atoms with van der Waals surface area (Å²) in [5.41, 5.74) is 1.25. The highest BCUT2D eigenvalue weighted by Crippen LogP contribution is 2.22. The number of nitrogens with one attached hydrogen (secondary N) is 1. The van der Waals surface area contributed by atoms with Gasteiger partial charge >= 0.3 is 0 Å². The monoisotopic (exact) mass is 237 g/mol. The fourth-order valence-electron chi connectivity index (χ4n) is 1.26. The van der Waals surface area contributed by atoms with Gasteiger partial charge in [-0.25, -0.2) is 14.4 Å². The third-order valence-corrected chi connectivity index (χ3v) is 2.34. The minimum absolute atomic E-state index is 0.106. The highest BCUT2D eigenvalue weighted by Gasteiger charge is 2.05. The zero-order valence-electron chi connectivity index (χ0n) is 8.32. The smallest absolute Gasteiger partial charge is 0.164 e. The van der Waals surface area contributed by atoms with Gasteiger partial charge in [-0.15, -0.1) is 0 Å². The molecule has 0 amide bonds. The van der Waals surface area contributed by atoms with Crippen LogP contribution in [0.2, 0.25) is 5.02 Å². The number of aromatic nitrogens is 2. The molecular formula is C11H9ClFN3. The van der Waals surface area contributed by atoms with Crippen LogP contribution >= 0.6 is 11.6 Å². The Hall–Kier alpha value is -1.68. The summed E-state index contributed by atoms with van der Waals surface area (Å²) in [4.78, 5) is 7.73. The van der Waals surface area contributed by atoms with E-state index in [4.69, 9.17) is 11.6 Å². The Kier molecular flexibility index (Phi) is 3.31. The Morgan fingerprint density at radius 1 is 1.25 bits per heavy atom. The topological polar surface area (TPSA) is 37.8 Å². The summed E-state index contributed by atoms with van der Waals surface area (Å²) in [5.74, 6) is -0.444. The average Bonchev–Trinajstić information content (AvgIpc) is 2.32. The maximum absolute atomic E-state index is 13.5. The minimum atomic E-state index is -0.444. The summed E-state index contributed by atoms with van der Waals surface area (Å²) >= 11 is 5.66. The highest BCUT2D eigenvalue weighted by atomic mass is 35.5. The number of anilines is 1. The predicted molar refractivity (Wildman–Crippen MR) is 60.8 cm³/mol. The lowest BCUT2D eigenvalue weighted by molar-refractivity contribution is 0.630. The van der Waals surface area contributed by atoms with Crippen molar-refractivity contribution >= 4 is 17.3 Å². The summed E-state index contributed by atoms with van der Waals surface area (Å²) in [6, 6.07) is 4.83. The van der Waals surface area contributed by atoms with Crippen LogP contribution in [0.4, 0.5) is 10.1 Å². The first kappa shape index (κ1) is 10.8. The van der Waals surface area contributed by atoms with Gasteiger partial charge in [-0.1, -0.05) is 17.7 Å². The zero-order chi connectivity index (χ0) is 11.4. The van der Waals surface area contributed by atoms with E-state index in [2.05, 4.69) is 15.3 Å². The van der Waals surface area contributed by atoms with Crippen molar-refractivity contribution in [2.75, 3.05) is 5.32 Å². The summed E-state index contributed by atoms with van der Waals surface area (Å²) in [6.07, 6.45) is 4.79. The first-order valence-electron chi connectivity index (χ1n) is 4.69. The minimum Gasteiger partial charge on any atom is -0.378 e. The molecule has 2 aromatic rings. The van der Waals surface area contributed by atoms with E-state index in [-0.39, 0.29) is 5.02 Å². The van der Waals surface area contributed by atoms with Crippen LogP contribution in [-0.4, -0.2) is 9.97 Å². The molecule has 1 N–H and O–H groups in total. The van der Waals surface area contributed by atoms with Crippen molar-refractivity contribution in [2.24, 2.45) is 0 Å². The van der Waals surface area contributed by atoms with Crippen molar-refractivity contribution in [3.63, 3.8) is 0 Å². The molecule has 16 heavy (non-hydrogen) atoms. The molecule has 0 saturated heterocycles. The molecule has 1 aromatic heterocycles. The molecule has 2 rings (SSSR count). The van der Waals surface area contributed by atoms with Crippen LogP contribution in [0, 0.1) is 5.82 Å². The molecule has 5 heteroatoms. The number of halogens is 2. The van der Waals surface area contributed by atoms with Crippen LogP contribution in [0.15, 0.2) is 36.9 Å². The van der Waals surface area contributed by atoms with Crippen LogP contribution in [0.1, 0.15) is 5.56 Å². The van der Waals surface area contributed by atoms with Crippen LogP contribution in [0.5, 0.6) is 0 Å². The van der Waals surface area contributed by atoms with Gasteiger partial charge in [0.05, 0.1) is 10.7 Å². The number of benzene rings is 1. The molecule has 0 aliphatic carbocycles. The Labute approximate surface area is 97.3 Å². The van der Waals surface area contributed by atoms with Crippen LogP contribution in [0.3, 0.4) is 0 Å². The van der Waals surface area contributed by atoms with Crippen molar-refractivity contribution in [1.82, 2.24) is 9.97 Å². The molecule has 3 nitrogen and oxygen atoms in total. The third-order valence-electron chi connectivity index (χ3n) is 2.05. The van der Waals surface area contributed by atoms with E-state index in [0.29, 0.717) is 12.2 Å². The van der Waals surface area contributed by atoms with Crippen molar-refractivity contribution in [2.45, 2.75) is 6.54 Å². The van der Waals surface area contributed by atoms with Gasteiger partial charge in [0, 0.05) is 24.5 Å². The summed E-state index contributed by atoms with van der Waals surface area (Å²) in [5, 5.41) is 3.04. The van der Waals surface area contributed by atoms with Crippen LogP contribution < -0.4 is 5.32 Å². The van der Waals surface area contributed by atoms with Gasteiger partial charge in [0.1, 0.15) is 6.33 Å². The molecule has 0 spiro atoms. The third kappa shape index (κ3) is 2.46. The number of nitrogens with zero attached hydrogens (tertiary/aromatic N) is 2. The van der Waals surface area contributed by atoms with E-state index < -0.39 is 5.82 Å². The van der Waals surface area contributed by atoms with Gasteiger partial charge in [-0.05, 0) is 12.1 Å². The molecule has 82 valence electrons. The normalized spacial score (nSPS) is 10.1. The maximum Gasteiger partial charge on any atom is 0.164 e. The number of hydrogen-bond acceptors (Lipinski definition) is 3. The Balaban J connectivity index is 2.08.